The largest absolute Gasteiger partial charge is 0.313 e. The Bertz CT molecular complexity index is 327. The van der Waals surface area contributed by atoms with E-state index in [2.05, 4.69) is 30.1 Å². The van der Waals surface area contributed by atoms with Gasteiger partial charge in [-0.3, -0.25) is 0 Å². The van der Waals surface area contributed by atoms with Crippen molar-refractivity contribution in [1.82, 2.24) is 5.32 Å². The highest BCUT2D eigenvalue weighted by Crippen LogP contribution is 2.25. The van der Waals surface area contributed by atoms with E-state index < -0.39 is 0 Å². The second-order valence-electron chi connectivity index (χ2n) is 4.23. The molecular formula is C12H18ClNS2. The number of rotatable bonds is 4. The molecule has 90 valence electrons. The Hall–Kier alpha value is 0.300. The van der Waals surface area contributed by atoms with Gasteiger partial charge in [-0.1, -0.05) is 18.5 Å². The van der Waals surface area contributed by atoms with Gasteiger partial charge in [0.15, 0.2) is 0 Å². The first-order valence-electron chi connectivity index (χ1n) is 5.85. The molecule has 1 nitrogen and oxygen atoms in total. The lowest BCUT2D eigenvalue weighted by atomic mass is 10.1. The van der Waals surface area contributed by atoms with Crippen molar-refractivity contribution in [2.75, 3.05) is 12.3 Å². The SMILES string of the molecule is CC1SCCCC1NCCc1ccc(Cl)s1. The lowest BCUT2D eigenvalue weighted by molar-refractivity contribution is 0.466. The van der Waals surface area contributed by atoms with Crippen LogP contribution in [0.5, 0.6) is 0 Å². The zero-order valence-electron chi connectivity index (χ0n) is 9.54. The van der Waals surface area contributed by atoms with Gasteiger partial charge in [0, 0.05) is 22.7 Å². The summed E-state index contributed by atoms with van der Waals surface area (Å²) in [5.41, 5.74) is 0. The zero-order chi connectivity index (χ0) is 11.4. The summed E-state index contributed by atoms with van der Waals surface area (Å²) in [6.07, 6.45) is 3.79. The monoisotopic (exact) mass is 275 g/mol. The summed E-state index contributed by atoms with van der Waals surface area (Å²) < 4.78 is 0.900. The van der Waals surface area contributed by atoms with Gasteiger partial charge in [0.05, 0.1) is 4.34 Å². The fourth-order valence-corrected chi connectivity index (χ4v) is 4.32. The molecule has 1 aliphatic heterocycles. The van der Waals surface area contributed by atoms with Gasteiger partial charge >= 0.3 is 0 Å². The van der Waals surface area contributed by atoms with Crippen molar-refractivity contribution in [3.05, 3.63) is 21.3 Å². The molecule has 0 saturated carbocycles. The van der Waals surface area contributed by atoms with E-state index in [9.17, 15) is 0 Å². The summed E-state index contributed by atoms with van der Waals surface area (Å²) in [5.74, 6) is 1.33. The third-order valence-electron chi connectivity index (χ3n) is 3.01. The molecule has 2 rings (SSSR count). The quantitative estimate of drug-likeness (QED) is 0.897. The Morgan fingerprint density at radius 3 is 3.06 bits per heavy atom. The molecule has 0 aliphatic carbocycles. The smallest absolute Gasteiger partial charge is 0.0931 e. The van der Waals surface area contributed by atoms with Crippen LogP contribution in [0.2, 0.25) is 4.34 Å². The topological polar surface area (TPSA) is 12.0 Å². The van der Waals surface area contributed by atoms with Crippen LogP contribution >= 0.6 is 34.7 Å². The fraction of sp³-hybridized carbons (Fsp3) is 0.667. The molecule has 4 heteroatoms. The third-order valence-corrected chi connectivity index (χ3v) is 5.68. The van der Waals surface area contributed by atoms with Crippen LogP contribution in [0.25, 0.3) is 0 Å². The van der Waals surface area contributed by atoms with Crippen molar-refractivity contribution in [3.63, 3.8) is 0 Å². The lowest BCUT2D eigenvalue weighted by Crippen LogP contribution is -2.40. The highest BCUT2D eigenvalue weighted by molar-refractivity contribution is 7.99. The Morgan fingerprint density at radius 2 is 2.38 bits per heavy atom. The van der Waals surface area contributed by atoms with E-state index in [1.807, 2.05) is 6.07 Å². The minimum absolute atomic E-state index is 0.703. The van der Waals surface area contributed by atoms with Gasteiger partial charge in [0.1, 0.15) is 0 Å². The molecule has 0 radical (unpaired) electrons. The molecule has 2 atom stereocenters. The maximum absolute atomic E-state index is 5.91. The number of nitrogens with one attached hydrogen (secondary N) is 1. The summed E-state index contributed by atoms with van der Waals surface area (Å²) in [5, 5.41) is 4.44. The lowest BCUT2D eigenvalue weighted by Gasteiger charge is -2.29. The van der Waals surface area contributed by atoms with Gasteiger partial charge < -0.3 is 5.32 Å². The number of hydrogen-bond donors (Lipinski definition) is 1. The predicted molar refractivity (Wildman–Crippen MR) is 76.0 cm³/mol. The van der Waals surface area contributed by atoms with E-state index in [0.29, 0.717) is 6.04 Å². The average Bonchev–Trinajstić information content (AvgIpc) is 2.67. The van der Waals surface area contributed by atoms with Crippen molar-refractivity contribution in [1.29, 1.82) is 0 Å². The molecule has 0 spiro atoms. The first kappa shape index (κ1) is 12.7. The van der Waals surface area contributed by atoms with Crippen LogP contribution in [-0.2, 0) is 6.42 Å². The highest BCUT2D eigenvalue weighted by atomic mass is 35.5. The van der Waals surface area contributed by atoms with Gasteiger partial charge in [-0.05, 0) is 37.1 Å². The molecule has 1 aromatic rings. The van der Waals surface area contributed by atoms with Crippen LogP contribution in [0.15, 0.2) is 12.1 Å². The number of thioether (sulfide) groups is 1. The molecule has 1 aromatic heterocycles. The molecule has 1 aliphatic rings. The van der Waals surface area contributed by atoms with E-state index in [1.165, 1.54) is 23.5 Å². The van der Waals surface area contributed by atoms with Gasteiger partial charge in [0.2, 0.25) is 0 Å². The van der Waals surface area contributed by atoms with Crippen molar-refractivity contribution in [3.8, 4) is 0 Å². The summed E-state index contributed by atoms with van der Waals surface area (Å²) in [6, 6.07) is 4.82. The second-order valence-corrected chi connectivity index (χ2v) is 7.52. The molecule has 0 bridgehead atoms. The van der Waals surface area contributed by atoms with Crippen LogP contribution in [0.3, 0.4) is 0 Å². The number of halogens is 1. The minimum atomic E-state index is 0.703. The summed E-state index contributed by atoms with van der Waals surface area (Å²) in [7, 11) is 0. The molecular weight excluding hydrogens is 258 g/mol. The van der Waals surface area contributed by atoms with E-state index in [4.69, 9.17) is 11.6 Å². The molecule has 2 heterocycles. The maximum atomic E-state index is 5.91. The van der Waals surface area contributed by atoms with Crippen molar-refractivity contribution in [2.24, 2.45) is 0 Å². The first-order valence-corrected chi connectivity index (χ1v) is 8.09. The fourth-order valence-electron chi connectivity index (χ4n) is 2.06. The molecule has 0 amide bonds. The summed E-state index contributed by atoms with van der Waals surface area (Å²) >= 11 is 9.70. The van der Waals surface area contributed by atoms with Crippen molar-refractivity contribution >= 4 is 34.7 Å². The van der Waals surface area contributed by atoms with Crippen LogP contribution in [0.4, 0.5) is 0 Å². The Kier molecular flexibility index (Phi) is 5.01. The van der Waals surface area contributed by atoms with Crippen LogP contribution in [0, 0.1) is 0 Å². The van der Waals surface area contributed by atoms with Crippen LogP contribution in [0.1, 0.15) is 24.6 Å². The average molecular weight is 276 g/mol. The molecule has 1 N–H and O–H groups in total. The highest BCUT2D eigenvalue weighted by Gasteiger charge is 2.20. The summed E-state index contributed by atoms with van der Waals surface area (Å²) in [6.45, 7) is 3.41. The van der Waals surface area contributed by atoms with E-state index >= 15 is 0 Å². The van der Waals surface area contributed by atoms with Gasteiger partial charge in [-0.15, -0.1) is 11.3 Å². The zero-order valence-corrected chi connectivity index (χ0v) is 11.9. The van der Waals surface area contributed by atoms with Crippen LogP contribution < -0.4 is 5.32 Å². The summed E-state index contributed by atoms with van der Waals surface area (Å²) in [4.78, 5) is 1.38. The maximum Gasteiger partial charge on any atom is 0.0931 e. The molecule has 2 unspecified atom stereocenters. The number of hydrogen-bond acceptors (Lipinski definition) is 3. The third kappa shape index (κ3) is 3.66. The van der Waals surface area contributed by atoms with Gasteiger partial charge in [0.25, 0.3) is 0 Å². The van der Waals surface area contributed by atoms with E-state index in [-0.39, 0.29) is 0 Å². The normalized spacial score (nSPS) is 25.9. The van der Waals surface area contributed by atoms with Gasteiger partial charge in [-0.25, -0.2) is 0 Å². The van der Waals surface area contributed by atoms with Crippen molar-refractivity contribution in [2.45, 2.75) is 37.5 Å². The van der Waals surface area contributed by atoms with E-state index in [0.717, 1.165) is 22.6 Å². The first-order chi connectivity index (χ1) is 7.75. The molecule has 0 aromatic carbocycles. The standard InChI is InChI=1S/C12H18ClNS2/c1-9-11(3-2-8-15-9)14-7-6-10-4-5-12(13)16-10/h4-5,9,11,14H,2-3,6-8H2,1H3. The Labute approximate surface area is 111 Å². The van der Waals surface area contributed by atoms with Gasteiger partial charge in [-0.2, -0.15) is 11.8 Å². The minimum Gasteiger partial charge on any atom is -0.313 e. The predicted octanol–water partition coefficient (Wildman–Crippen LogP) is 3.82. The van der Waals surface area contributed by atoms with Crippen LogP contribution in [-0.4, -0.2) is 23.6 Å². The van der Waals surface area contributed by atoms with E-state index in [1.54, 1.807) is 11.3 Å². The molecule has 1 saturated heterocycles. The molecule has 16 heavy (non-hydrogen) atoms. The number of thiophene rings is 1. The Balaban J connectivity index is 1.71. The van der Waals surface area contributed by atoms with Crippen molar-refractivity contribution < 1.29 is 0 Å². The Morgan fingerprint density at radius 1 is 1.50 bits per heavy atom. The molecule has 1 fully saturated rings. The second kappa shape index (κ2) is 6.29.